The lowest BCUT2D eigenvalue weighted by atomic mass is 10.0. The number of fused-ring (bicyclic) bond motifs is 1. The number of rotatable bonds is 4. The van der Waals surface area contributed by atoms with Crippen LogP contribution in [0.3, 0.4) is 0 Å². The Morgan fingerprint density at radius 3 is 2.44 bits per heavy atom. The van der Waals surface area contributed by atoms with E-state index in [1.165, 1.54) is 12.1 Å². The van der Waals surface area contributed by atoms with Gasteiger partial charge in [-0.15, -0.1) is 0 Å². The van der Waals surface area contributed by atoms with Crippen LogP contribution in [0.25, 0.3) is 5.65 Å². The molecule has 1 N–H and O–H groups in total. The number of hydrogen-bond donors (Lipinski definition) is 1. The Hall–Kier alpha value is -4.82. The number of aromatic nitrogens is 2. The summed E-state index contributed by atoms with van der Waals surface area (Å²) in [5.74, 6) is 5.62. The fraction of sp³-hybridized carbons (Fsp3) is 0.324. The van der Waals surface area contributed by atoms with Crippen molar-refractivity contribution in [2.75, 3.05) is 31.5 Å². The molecule has 4 aromatic rings. The Labute approximate surface area is 259 Å². The summed E-state index contributed by atoms with van der Waals surface area (Å²) < 4.78 is 49.7. The van der Waals surface area contributed by atoms with Crippen LogP contribution in [0.5, 0.6) is 0 Å². The number of alkyl halides is 3. The van der Waals surface area contributed by atoms with E-state index in [1.54, 1.807) is 50.1 Å². The van der Waals surface area contributed by atoms with Gasteiger partial charge in [-0.25, -0.2) is 9.78 Å². The zero-order chi connectivity index (χ0) is 32.4. The molecule has 8 nitrogen and oxygen atoms in total. The highest BCUT2D eigenvalue weighted by molar-refractivity contribution is 6.04. The Bertz CT molecular complexity index is 1790. The molecule has 0 radical (unpaired) electrons. The molecule has 5 rings (SSSR count). The van der Waals surface area contributed by atoms with Gasteiger partial charge in [0.15, 0.2) is 0 Å². The zero-order valence-electron chi connectivity index (χ0n) is 25.5. The third-order valence-corrected chi connectivity index (χ3v) is 7.33. The van der Waals surface area contributed by atoms with E-state index in [1.807, 2.05) is 40.6 Å². The third kappa shape index (κ3) is 7.83. The van der Waals surface area contributed by atoms with Crippen molar-refractivity contribution in [2.45, 2.75) is 46.0 Å². The molecule has 1 aliphatic rings. The van der Waals surface area contributed by atoms with Crippen LogP contribution in [-0.4, -0.2) is 63.0 Å². The second-order valence-electron chi connectivity index (χ2n) is 11.9. The van der Waals surface area contributed by atoms with Gasteiger partial charge in [-0.3, -0.25) is 14.1 Å². The Morgan fingerprint density at radius 2 is 1.73 bits per heavy atom. The molecule has 45 heavy (non-hydrogen) atoms. The summed E-state index contributed by atoms with van der Waals surface area (Å²) in [6, 6.07) is 14.4. The summed E-state index contributed by atoms with van der Waals surface area (Å²) in [6.07, 6.45) is -1.53. The van der Waals surface area contributed by atoms with Gasteiger partial charge in [0.05, 0.1) is 11.8 Å². The van der Waals surface area contributed by atoms with Crippen molar-refractivity contribution in [2.24, 2.45) is 0 Å². The first kappa shape index (κ1) is 31.6. The van der Waals surface area contributed by atoms with E-state index in [4.69, 9.17) is 4.74 Å². The predicted octanol–water partition coefficient (Wildman–Crippen LogP) is 6.37. The minimum absolute atomic E-state index is 0.0322. The highest BCUT2D eigenvalue weighted by Crippen LogP contribution is 2.35. The molecule has 1 saturated heterocycles. The number of nitrogens with zero attached hydrogens (tertiary/aromatic N) is 4. The number of halogens is 3. The van der Waals surface area contributed by atoms with Crippen LogP contribution in [0, 0.1) is 18.8 Å². The number of carbonyl (C=O) groups excluding carboxylic acids is 2. The predicted molar refractivity (Wildman–Crippen MR) is 165 cm³/mol. The first-order chi connectivity index (χ1) is 21.3. The molecule has 234 valence electrons. The molecule has 3 heterocycles. The molecule has 0 saturated carbocycles. The van der Waals surface area contributed by atoms with Gasteiger partial charge >= 0.3 is 12.3 Å². The molecular formula is C34H34F3N5O3. The number of aryl methyl sites for hydroxylation is 1. The molecule has 2 amide bonds. The Morgan fingerprint density at radius 1 is 0.978 bits per heavy atom. The smallest absolute Gasteiger partial charge is 0.416 e. The molecule has 2 aromatic carbocycles. The van der Waals surface area contributed by atoms with E-state index >= 15 is 0 Å². The largest absolute Gasteiger partial charge is 0.444 e. The van der Waals surface area contributed by atoms with Crippen LogP contribution >= 0.6 is 0 Å². The standard InChI is InChI=1S/C34H34F3N5O3/c1-23-8-9-25(19-24(23)11-13-28-21-38-30-7-5-6-14-42(28)30)31(43)39-27-12-10-26(29(20-27)34(35,36)37)22-40-15-17-41(18-16-40)32(44)45-33(2,3)4/h5-10,12,14,19-21H,15-18,22H2,1-4H3,(H,39,43). The van der Waals surface area contributed by atoms with Crippen molar-refractivity contribution >= 4 is 23.3 Å². The topological polar surface area (TPSA) is 79.2 Å². The lowest BCUT2D eigenvalue weighted by Gasteiger charge is -2.36. The number of benzene rings is 2. The normalized spacial score (nSPS) is 14.2. The molecular weight excluding hydrogens is 583 g/mol. The summed E-state index contributed by atoms with van der Waals surface area (Å²) in [5.41, 5.74) is 1.86. The van der Waals surface area contributed by atoms with Crippen molar-refractivity contribution in [3.63, 3.8) is 0 Å². The molecule has 1 aliphatic heterocycles. The maximum atomic E-state index is 14.1. The number of piperazine rings is 1. The highest BCUT2D eigenvalue weighted by Gasteiger charge is 2.35. The Balaban J connectivity index is 1.28. The van der Waals surface area contributed by atoms with E-state index in [2.05, 4.69) is 22.1 Å². The molecule has 0 spiro atoms. The molecule has 11 heteroatoms. The quantitative estimate of drug-likeness (QED) is 0.270. The summed E-state index contributed by atoms with van der Waals surface area (Å²) in [7, 11) is 0. The zero-order valence-corrected chi connectivity index (χ0v) is 25.5. The van der Waals surface area contributed by atoms with Gasteiger partial charge in [0.25, 0.3) is 5.91 Å². The van der Waals surface area contributed by atoms with E-state index in [0.29, 0.717) is 37.4 Å². The lowest BCUT2D eigenvalue weighted by molar-refractivity contribution is -0.138. The monoisotopic (exact) mass is 617 g/mol. The number of nitrogens with one attached hydrogen (secondary N) is 1. The maximum Gasteiger partial charge on any atom is 0.416 e. The van der Waals surface area contributed by atoms with Gasteiger partial charge in [-0.1, -0.05) is 24.1 Å². The van der Waals surface area contributed by atoms with Gasteiger partial charge in [-0.2, -0.15) is 13.2 Å². The van der Waals surface area contributed by atoms with Crippen molar-refractivity contribution < 1.29 is 27.5 Å². The minimum Gasteiger partial charge on any atom is -0.444 e. The molecule has 0 unspecified atom stereocenters. The van der Waals surface area contributed by atoms with Crippen LogP contribution in [0.1, 0.15) is 59.1 Å². The molecule has 0 atom stereocenters. The summed E-state index contributed by atoms with van der Waals surface area (Å²) in [5, 5.41) is 2.61. The fourth-order valence-electron chi connectivity index (χ4n) is 4.97. The van der Waals surface area contributed by atoms with Gasteiger partial charge in [0.1, 0.15) is 16.9 Å². The number of ether oxygens (including phenoxy) is 1. The second-order valence-corrected chi connectivity index (χ2v) is 11.9. The lowest BCUT2D eigenvalue weighted by Crippen LogP contribution is -2.49. The van der Waals surface area contributed by atoms with Crippen LogP contribution in [0.4, 0.5) is 23.7 Å². The molecule has 2 aromatic heterocycles. The Kier molecular flexibility index (Phi) is 8.89. The van der Waals surface area contributed by atoms with E-state index < -0.39 is 29.3 Å². The molecule has 0 aliphatic carbocycles. The van der Waals surface area contributed by atoms with Crippen molar-refractivity contribution in [1.82, 2.24) is 19.2 Å². The maximum absolute atomic E-state index is 14.1. The summed E-state index contributed by atoms with van der Waals surface area (Å²) >= 11 is 0. The van der Waals surface area contributed by atoms with Crippen LogP contribution in [0.2, 0.25) is 0 Å². The highest BCUT2D eigenvalue weighted by atomic mass is 19.4. The number of imidazole rings is 1. The summed E-state index contributed by atoms with van der Waals surface area (Å²) in [6.45, 7) is 8.79. The number of amides is 2. The van der Waals surface area contributed by atoms with Gasteiger partial charge < -0.3 is 15.0 Å². The number of carbonyl (C=O) groups is 2. The van der Waals surface area contributed by atoms with Gasteiger partial charge in [0, 0.05) is 55.7 Å². The van der Waals surface area contributed by atoms with Crippen molar-refractivity contribution in [3.8, 4) is 11.8 Å². The molecule has 1 fully saturated rings. The van der Waals surface area contributed by atoms with Crippen LogP contribution in [0.15, 0.2) is 67.0 Å². The third-order valence-electron chi connectivity index (χ3n) is 7.33. The average molecular weight is 618 g/mol. The van der Waals surface area contributed by atoms with E-state index in [9.17, 15) is 22.8 Å². The minimum atomic E-state index is -4.63. The van der Waals surface area contributed by atoms with Crippen molar-refractivity contribution in [3.05, 3.63) is 101 Å². The number of hydrogen-bond acceptors (Lipinski definition) is 5. The first-order valence-electron chi connectivity index (χ1n) is 14.5. The van der Waals surface area contributed by atoms with Crippen LogP contribution < -0.4 is 5.32 Å². The number of pyridine rings is 1. The number of anilines is 1. The first-order valence-corrected chi connectivity index (χ1v) is 14.5. The SMILES string of the molecule is Cc1ccc(C(=O)Nc2ccc(CN3CCN(C(=O)OC(C)(C)C)CC3)c(C(F)(F)F)c2)cc1C#Cc1cnc2ccccn12. The summed E-state index contributed by atoms with van der Waals surface area (Å²) in [4.78, 5) is 33.2. The second kappa shape index (κ2) is 12.7. The van der Waals surface area contributed by atoms with E-state index in [0.717, 1.165) is 17.3 Å². The van der Waals surface area contributed by atoms with Crippen LogP contribution in [-0.2, 0) is 17.5 Å². The van der Waals surface area contributed by atoms with Gasteiger partial charge in [-0.05, 0) is 81.1 Å². The van der Waals surface area contributed by atoms with E-state index in [-0.39, 0.29) is 23.4 Å². The fourth-order valence-corrected chi connectivity index (χ4v) is 4.97. The molecule has 0 bridgehead atoms. The van der Waals surface area contributed by atoms with Crippen molar-refractivity contribution in [1.29, 1.82) is 0 Å². The average Bonchev–Trinajstić information content (AvgIpc) is 3.39. The van der Waals surface area contributed by atoms with Gasteiger partial charge in [0.2, 0.25) is 0 Å².